The molecule has 0 saturated carbocycles. The van der Waals surface area contributed by atoms with Crippen molar-refractivity contribution < 1.29 is 77.9 Å². The summed E-state index contributed by atoms with van der Waals surface area (Å²) in [6.07, 6.45) is 0. The van der Waals surface area contributed by atoms with Gasteiger partial charge in [0, 0.05) is 77.9 Å². The second kappa shape index (κ2) is 17.8. The van der Waals surface area contributed by atoms with E-state index in [2.05, 4.69) is 0 Å². The quantitative estimate of drug-likeness (QED) is 0.499. The zero-order valence-electron chi connectivity index (χ0n) is 1.41. The maximum absolute atomic E-state index is 0. The average molecular weight is 404 g/mol. The maximum Gasteiger partial charge on any atom is 0 e. The molecular formula is Ru4. The third kappa shape index (κ3) is 8.82. The van der Waals surface area contributed by atoms with E-state index in [4.69, 9.17) is 0 Å². The molecular weight excluding hydrogens is 404 g/mol. The van der Waals surface area contributed by atoms with Gasteiger partial charge in [-0.05, 0) is 0 Å². The first-order valence-electron chi connectivity index (χ1n) is 0. The van der Waals surface area contributed by atoms with Crippen LogP contribution in [0, 0.1) is 0 Å². The van der Waals surface area contributed by atoms with Gasteiger partial charge in [0.2, 0.25) is 0 Å². The Balaban J connectivity index is 0. The summed E-state index contributed by atoms with van der Waals surface area (Å²) < 4.78 is 0. The van der Waals surface area contributed by atoms with Crippen molar-refractivity contribution in [3.8, 4) is 0 Å². The zero-order valence-corrected chi connectivity index (χ0v) is 8.37. The van der Waals surface area contributed by atoms with E-state index < -0.39 is 0 Å². The van der Waals surface area contributed by atoms with Gasteiger partial charge in [-0.1, -0.05) is 0 Å². The Hall–Kier alpha value is 2.49. The molecule has 0 saturated heterocycles. The Morgan fingerprint density at radius 1 is 0.250 bits per heavy atom. The molecule has 0 unspecified atom stereocenters. The normalized spacial score (nSPS) is 0. The van der Waals surface area contributed by atoms with E-state index in [0.29, 0.717) is 0 Å². The van der Waals surface area contributed by atoms with Crippen molar-refractivity contribution in [2.24, 2.45) is 0 Å². The summed E-state index contributed by atoms with van der Waals surface area (Å²) in [5, 5.41) is 0. The molecule has 0 spiro atoms. The van der Waals surface area contributed by atoms with Crippen molar-refractivity contribution in [1.82, 2.24) is 0 Å². The molecule has 0 fully saturated rings. The Kier molecular flexibility index (Phi) is 141. The zero-order chi connectivity index (χ0) is 0. The van der Waals surface area contributed by atoms with Crippen molar-refractivity contribution in [2.75, 3.05) is 0 Å². The van der Waals surface area contributed by atoms with Crippen LogP contribution in [0.1, 0.15) is 0 Å². The van der Waals surface area contributed by atoms with Crippen LogP contribution < -0.4 is 0 Å². The summed E-state index contributed by atoms with van der Waals surface area (Å²) in [6.45, 7) is 0. The first-order chi connectivity index (χ1) is 0. The van der Waals surface area contributed by atoms with Crippen LogP contribution in [-0.2, 0) is 77.9 Å². The third-order valence-corrected chi connectivity index (χ3v) is 0. The molecule has 0 rings (SSSR count). The van der Waals surface area contributed by atoms with Crippen LogP contribution >= 0.6 is 0 Å². The Labute approximate surface area is 76.9 Å². The average Bonchev–Trinajstić information content (AvgIpc) is 0. The third-order valence-electron chi connectivity index (χ3n) is 0. The summed E-state index contributed by atoms with van der Waals surface area (Å²) >= 11 is 0. The number of hydrogen-bond donors (Lipinski definition) is 0. The predicted molar refractivity (Wildman–Crippen MR) is 0 cm³/mol. The molecule has 0 aromatic rings. The van der Waals surface area contributed by atoms with E-state index in [1.54, 1.807) is 0 Å². The predicted octanol–water partition coefficient (Wildman–Crippen LogP) is -0.0100. The standard InChI is InChI=1S/4Ru. The molecule has 0 radical (unpaired) electrons. The van der Waals surface area contributed by atoms with Gasteiger partial charge in [0.15, 0.2) is 0 Å². The minimum atomic E-state index is 0. The molecule has 0 heterocycles. The van der Waals surface area contributed by atoms with E-state index in [0.717, 1.165) is 0 Å². The van der Waals surface area contributed by atoms with Gasteiger partial charge in [-0.2, -0.15) is 0 Å². The molecule has 0 amide bonds. The van der Waals surface area contributed by atoms with Crippen molar-refractivity contribution in [3.63, 3.8) is 0 Å². The van der Waals surface area contributed by atoms with Crippen LogP contribution in [0.3, 0.4) is 0 Å². The molecule has 0 N–H and O–H groups in total. The van der Waals surface area contributed by atoms with Crippen LogP contribution in [0.15, 0.2) is 0 Å². The van der Waals surface area contributed by atoms with Gasteiger partial charge in [-0.25, -0.2) is 0 Å². The fraction of sp³-hybridized carbons (Fsp3) is 0. The first kappa shape index (κ1) is 31.5. The van der Waals surface area contributed by atoms with Crippen molar-refractivity contribution in [2.45, 2.75) is 0 Å². The fourth-order valence-electron chi connectivity index (χ4n) is 0. The van der Waals surface area contributed by atoms with Crippen LogP contribution in [0.25, 0.3) is 0 Å². The molecule has 0 aliphatic heterocycles. The van der Waals surface area contributed by atoms with E-state index in [1.165, 1.54) is 0 Å². The molecule has 0 nitrogen and oxygen atoms in total. The van der Waals surface area contributed by atoms with Gasteiger partial charge in [0.05, 0.1) is 0 Å². The van der Waals surface area contributed by atoms with Crippen LogP contribution in [-0.4, -0.2) is 0 Å². The van der Waals surface area contributed by atoms with Gasteiger partial charge >= 0.3 is 0 Å². The summed E-state index contributed by atoms with van der Waals surface area (Å²) in [5.41, 5.74) is 0. The van der Waals surface area contributed by atoms with Gasteiger partial charge in [0.1, 0.15) is 0 Å². The van der Waals surface area contributed by atoms with Crippen LogP contribution in [0.2, 0.25) is 0 Å². The van der Waals surface area contributed by atoms with Crippen LogP contribution in [0.5, 0.6) is 0 Å². The summed E-state index contributed by atoms with van der Waals surface area (Å²) in [4.78, 5) is 0. The topological polar surface area (TPSA) is 0 Å². The molecule has 4 heavy (non-hydrogen) atoms. The van der Waals surface area contributed by atoms with Crippen molar-refractivity contribution in [1.29, 1.82) is 0 Å². The van der Waals surface area contributed by atoms with Gasteiger partial charge in [0.25, 0.3) is 0 Å². The van der Waals surface area contributed by atoms with Gasteiger partial charge < -0.3 is 0 Å². The summed E-state index contributed by atoms with van der Waals surface area (Å²) in [5.74, 6) is 0. The van der Waals surface area contributed by atoms with E-state index in [-0.39, 0.29) is 77.9 Å². The van der Waals surface area contributed by atoms with Crippen LogP contribution in [0.4, 0.5) is 0 Å². The Morgan fingerprint density at radius 2 is 0.250 bits per heavy atom. The molecule has 32 valence electrons. The number of rotatable bonds is 0. The molecule has 0 aromatic heterocycles. The van der Waals surface area contributed by atoms with Crippen molar-refractivity contribution in [3.05, 3.63) is 0 Å². The van der Waals surface area contributed by atoms with E-state index in [9.17, 15) is 0 Å². The molecule has 0 aliphatic carbocycles. The largest absolute Gasteiger partial charge is 0 e. The number of hydrogen-bond acceptors (Lipinski definition) is 0. The summed E-state index contributed by atoms with van der Waals surface area (Å²) in [6, 6.07) is 0. The molecule has 0 aliphatic rings. The SMILES string of the molecule is [Ru].[Ru].[Ru].[Ru]. The Bertz CT molecular complexity index is 0. The molecule has 4 heteroatoms. The van der Waals surface area contributed by atoms with Crippen molar-refractivity contribution >= 4 is 0 Å². The minimum absolute atomic E-state index is 0. The first-order valence-corrected chi connectivity index (χ1v) is 0. The second-order valence-electron chi connectivity index (χ2n) is 0. The Morgan fingerprint density at radius 3 is 0.250 bits per heavy atom. The molecule has 0 atom stereocenters. The van der Waals surface area contributed by atoms with E-state index in [1.807, 2.05) is 0 Å². The van der Waals surface area contributed by atoms with Gasteiger partial charge in [-0.3, -0.25) is 0 Å². The maximum atomic E-state index is 0. The van der Waals surface area contributed by atoms with E-state index >= 15 is 0 Å². The van der Waals surface area contributed by atoms with Gasteiger partial charge in [-0.15, -0.1) is 0 Å². The second-order valence-corrected chi connectivity index (χ2v) is 0. The molecule has 0 aromatic carbocycles. The fourth-order valence-corrected chi connectivity index (χ4v) is 0. The minimum Gasteiger partial charge on any atom is 0 e. The molecule has 0 bridgehead atoms. The summed E-state index contributed by atoms with van der Waals surface area (Å²) in [7, 11) is 0. The monoisotopic (exact) mass is 408 g/mol. The smallest absolute Gasteiger partial charge is 0 e.